The standard InChI is InChI=1S/C6H9NO2/c1-5-3-7(6(2)8)9-4-5/h3H,4H2,1-2H3. The van der Waals surface area contributed by atoms with Crippen molar-refractivity contribution in [2.24, 2.45) is 0 Å². The molecule has 1 heterocycles. The summed E-state index contributed by atoms with van der Waals surface area (Å²) >= 11 is 0. The number of hydrogen-bond acceptors (Lipinski definition) is 2. The topological polar surface area (TPSA) is 29.5 Å². The highest BCUT2D eigenvalue weighted by molar-refractivity contribution is 5.73. The van der Waals surface area contributed by atoms with Gasteiger partial charge in [0.1, 0.15) is 0 Å². The van der Waals surface area contributed by atoms with E-state index in [2.05, 4.69) is 0 Å². The summed E-state index contributed by atoms with van der Waals surface area (Å²) in [5, 5.41) is 1.25. The molecule has 1 amide bonds. The van der Waals surface area contributed by atoms with Gasteiger partial charge < -0.3 is 0 Å². The SMILES string of the molecule is CC(=O)N1C=C(C)CO1. The van der Waals surface area contributed by atoms with Gasteiger partial charge in [0.2, 0.25) is 5.91 Å². The quantitative estimate of drug-likeness (QED) is 0.479. The third-order valence-electron chi connectivity index (χ3n) is 1.08. The van der Waals surface area contributed by atoms with E-state index in [0.717, 1.165) is 5.57 Å². The van der Waals surface area contributed by atoms with E-state index in [9.17, 15) is 4.79 Å². The second kappa shape index (κ2) is 2.19. The molecule has 0 saturated carbocycles. The smallest absolute Gasteiger partial charge is 0.247 e. The normalized spacial score (nSPS) is 18.0. The molecule has 0 fully saturated rings. The molecule has 0 atom stereocenters. The highest BCUT2D eigenvalue weighted by Gasteiger charge is 2.12. The summed E-state index contributed by atoms with van der Waals surface area (Å²) in [7, 11) is 0. The summed E-state index contributed by atoms with van der Waals surface area (Å²) in [5.41, 5.74) is 1.07. The molecule has 0 N–H and O–H groups in total. The molecule has 1 aliphatic rings. The van der Waals surface area contributed by atoms with E-state index in [0.29, 0.717) is 6.61 Å². The summed E-state index contributed by atoms with van der Waals surface area (Å²) in [5.74, 6) is -0.0770. The summed E-state index contributed by atoms with van der Waals surface area (Å²) in [6.07, 6.45) is 1.70. The summed E-state index contributed by atoms with van der Waals surface area (Å²) in [6, 6.07) is 0. The second-order valence-electron chi connectivity index (χ2n) is 2.09. The number of hydrogen-bond donors (Lipinski definition) is 0. The molecule has 0 unspecified atom stereocenters. The van der Waals surface area contributed by atoms with Crippen LogP contribution in [0.15, 0.2) is 11.8 Å². The van der Waals surface area contributed by atoms with Crippen LogP contribution >= 0.6 is 0 Å². The Hall–Kier alpha value is -0.830. The van der Waals surface area contributed by atoms with Crippen LogP contribution in [0.5, 0.6) is 0 Å². The van der Waals surface area contributed by atoms with E-state index in [1.807, 2.05) is 6.92 Å². The molecule has 50 valence electrons. The minimum Gasteiger partial charge on any atom is -0.273 e. The lowest BCUT2D eigenvalue weighted by Crippen LogP contribution is -2.18. The van der Waals surface area contributed by atoms with Gasteiger partial charge in [-0.3, -0.25) is 9.63 Å². The monoisotopic (exact) mass is 127 g/mol. The molecule has 1 rings (SSSR count). The van der Waals surface area contributed by atoms with Crippen LogP contribution in [-0.4, -0.2) is 17.6 Å². The molecular weight excluding hydrogens is 118 g/mol. The Balaban J connectivity index is 2.57. The molecule has 0 radical (unpaired) electrons. The maximum absolute atomic E-state index is 10.5. The molecule has 3 nitrogen and oxygen atoms in total. The number of nitrogens with zero attached hydrogens (tertiary/aromatic N) is 1. The molecule has 0 aromatic rings. The molecule has 9 heavy (non-hydrogen) atoms. The van der Waals surface area contributed by atoms with Crippen LogP contribution in [0.3, 0.4) is 0 Å². The van der Waals surface area contributed by atoms with Gasteiger partial charge in [-0.2, -0.15) is 5.06 Å². The maximum Gasteiger partial charge on any atom is 0.247 e. The van der Waals surface area contributed by atoms with Crippen molar-refractivity contribution in [2.45, 2.75) is 13.8 Å². The van der Waals surface area contributed by atoms with Crippen LogP contribution in [0, 0.1) is 0 Å². The highest BCUT2D eigenvalue weighted by Crippen LogP contribution is 2.08. The Morgan fingerprint density at radius 3 is 2.78 bits per heavy atom. The highest BCUT2D eigenvalue weighted by atomic mass is 16.7. The van der Waals surface area contributed by atoms with E-state index in [4.69, 9.17) is 4.84 Å². The van der Waals surface area contributed by atoms with E-state index in [-0.39, 0.29) is 5.91 Å². The van der Waals surface area contributed by atoms with Crippen molar-refractivity contribution in [3.8, 4) is 0 Å². The fourth-order valence-electron chi connectivity index (χ4n) is 0.628. The molecule has 0 aromatic carbocycles. The van der Waals surface area contributed by atoms with Crippen molar-refractivity contribution in [2.75, 3.05) is 6.61 Å². The molecule has 0 saturated heterocycles. The first-order valence-corrected chi connectivity index (χ1v) is 2.80. The maximum atomic E-state index is 10.5. The fraction of sp³-hybridized carbons (Fsp3) is 0.500. The Bertz CT molecular complexity index is 162. The first-order chi connectivity index (χ1) is 4.20. The minimum absolute atomic E-state index is 0.0770. The zero-order chi connectivity index (χ0) is 6.85. The molecule has 0 spiro atoms. The lowest BCUT2D eigenvalue weighted by molar-refractivity contribution is -0.159. The number of rotatable bonds is 0. The number of carbonyl (C=O) groups excluding carboxylic acids is 1. The van der Waals surface area contributed by atoms with Crippen LogP contribution < -0.4 is 0 Å². The second-order valence-corrected chi connectivity index (χ2v) is 2.09. The molecular formula is C6H9NO2. The zero-order valence-corrected chi connectivity index (χ0v) is 5.55. The Kier molecular flexibility index (Phi) is 1.53. The van der Waals surface area contributed by atoms with Crippen molar-refractivity contribution in [1.82, 2.24) is 5.06 Å². The van der Waals surface area contributed by atoms with Gasteiger partial charge >= 0.3 is 0 Å². The lowest BCUT2D eigenvalue weighted by atomic mass is 10.4. The summed E-state index contributed by atoms with van der Waals surface area (Å²) in [6.45, 7) is 3.93. The Morgan fingerprint density at radius 2 is 2.56 bits per heavy atom. The van der Waals surface area contributed by atoms with Crippen molar-refractivity contribution < 1.29 is 9.63 Å². The van der Waals surface area contributed by atoms with Gasteiger partial charge in [0.15, 0.2) is 0 Å². The predicted molar refractivity (Wildman–Crippen MR) is 32.2 cm³/mol. The zero-order valence-electron chi connectivity index (χ0n) is 5.55. The van der Waals surface area contributed by atoms with Crippen LogP contribution in [0.2, 0.25) is 0 Å². The lowest BCUT2D eigenvalue weighted by Gasteiger charge is -2.06. The molecule has 3 heteroatoms. The number of hydroxylamine groups is 2. The van der Waals surface area contributed by atoms with Gasteiger partial charge in [0.05, 0.1) is 6.61 Å². The van der Waals surface area contributed by atoms with Crippen LogP contribution in [-0.2, 0) is 9.63 Å². The number of amides is 1. The Morgan fingerprint density at radius 1 is 1.89 bits per heavy atom. The van der Waals surface area contributed by atoms with Gasteiger partial charge in [-0.25, -0.2) is 0 Å². The van der Waals surface area contributed by atoms with Crippen LogP contribution in [0.1, 0.15) is 13.8 Å². The third kappa shape index (κ3) is 1.29. The van der Waals surface area contributed by atoms with Crippen LogP contribution in [0.25, 0.3) is 0 Å². The van der Waals surface area contributed by atoms with Gasteiger partial charge in [0, 0.05) is 13.1 Å². The number of carbonyl (C=O) groups is 1. The van der Waals surface area contributed by atoms with Gasteiger partial charge in [-0.15, -0.1) is 0 Å². The van der Waals surface area contributed by atoms with E-state index in [1.165, 1.54) is 12.0 Å². The Labute approximate surface area is 53.9 Å². The molecule has 0 aliphatic carbocycles. The average Bonchev–Trinajstić information content (AvgIpc) is 2.14. The molecule has 0 bridgehead atoms. The van der Waals surface area contributed by atoms with Gasteiger partial charge in [-0.1, -0.05) is 0 Å². The summed E-state index contributed by atoms with van der Waals surface area (Å²) < 4.78 is 0. The van der Waals surface area contributed by atoms with Gasteiger partial charge in [0.25, 0.3) is 0 Å². The van der Waals surface area contributed by atoms with Crippen molar-refractivity contribution in [3.63, 3.8) is 0 Å². The first kappa shape index (κ1) is 6.29. The largest absolute Gasteiger partial charge is 0.273 e. The van der Waals surface area contributed by atoms with E-state index < -0.39 is 0 Å². The van der Waals surface area contributed by atoms with Crippen molar-refractivity contribution >= 4 is 5.91 Å². The molecule has 0 aromatic heterocycles. The van der Waals surface area contributed by atoms with Crippen LogP contribution in [0.4, 0.5) is 0 Å². The van der Waals surface area contributed by atoms with Gasteiger partial charge in [-0.05, 0) is 12.5 Å². The fourth-order valence-corrected chi connectivity index (χ4v) is 0.628. The van der Waals surface area contributed by atoms with E-state index >= 15 is 0 Å². The average molecular weight is 127 g/mol. The summed E-state index contributed by atoms with van der Waals surface area (Å²) in [4.78, 5) is 15.5. The minimum atomic E-state index is -0.0770. The van der Waals surface area contributed by atoms with Crippen molar-refractivity contribution in [3.05, 3.63) is 11.8 Å². The van der Waals surface area contributed by atoms with Crippen molar-refractivity contribution in [1.29, 1.82) is 0 Å². The predicted octanol–water partition coefficient (Wildman–Crippen LogP) is 0.684. The molecule has 1 aliphatic heterocycles. The van der Waals surface area contributed by atoms with E-state index in [1.54, 1.807) is 6.20 Å². The third-order valence-corrected chi connectivity index (χ3v) is 1.08. The first-order valence-electron chi connectivity index (χ1n) is 2.80.